The highest BCUT2D eigenvalue weighted by Crippen LogP contribution is 2.52. The molecule has 10 aliphatic heterocycles. The first kappa shape index (κ1) is 59.7. The molecule has 10 aliphatic rings. The second kappa shape index (κ2) is 21.7. The first-order valence-electron chi connectivity index (χ1n) is 38.1. The third-order valence-electron chi connectivity index (χ3n) is 24.8. The minimum Gasteiger partial charge on any atom is -0.458 e. The maximum atomic E-state index is 7.37. The summed E-state index contributed by atoms with van der Waals surface area (Å²) in [6.07, 6.45) is 0. The van der Waals surface area contributed by atoms with Crippen LogP contribution >= 0.6 is 0 Å². The Morgan fingerprint density at radius 3 is 0.812 bits per heavy atom. The molecule has 0 spiro atoms. The number of hydrogen-bond donors (Lipinski definition) is 0. The Morgan fingerprint density at radius 2 is 0.438 bits per heavy atom. The van der Waals surface area contributed by atoms with Crippen LogP contribution in [0.5, 0.6) is 115 Å². The van der Waals surface area contributed by atoms with E-state index in [1.54, 1.807) is 0 Å². The lowest BCUT2D eigenvalue weighted by Gasteiger charge is -2.40. The highest BCUT2D eigenvalue weighted by atomic mass is 16.5. The first-order valence-corrected chi connectivity index (χ1v) is 38.1. The van der Waals surface area contributed by atoms with Crippen molar-refractivity contribution < 1.29 is 47.4 Å². The van der Waals surface area contributed by atoms with Crippen molar-refractivity contribution in [3.63, 3.8) is 0 Å². The van der Waals surface area contributed by atoms with Gasteiger partial charge in [0.05, 0.1) is 11.0 Å². The standard InChI is InChI=1S/C96H50B5NO10/c1-9-25-70-58(17-1)59-18-2-10-26-71(59)102(70)57-37-33-51(34-38-57)54-43-82-88-83(44-54)106-78-39-35-52(41-66(78)98(88)60-19-3-11-27-72(60)103-82)55-45-84-89-86(47-55)107-80-50-81-69(49-68(80)99(89)61-20-4-12-28-73(61)104-84)100-62-21-5-13-29-74(62)105-85-46-56(48-87(108-81)90(85)100)53-36-40-79-67(42-53)101-65-24-8-16-32-77(65)111-95-92(101)96(112-79)94-91-93(95)109-75-30-14-6-22-63(75)97(91)64-23-7-15-31-76(64)110-94/h1-50H. The molecule has 0 unspecified atom stereocenters. The summed E-state index contributed by atoms with van der Waals surface area (Å²) >= 11 is 0. The highest BCUT2D eigenvalue weighted by molar-refractivity contribution is 7.02. The van der Waals surface area contributed by atoms with Gasteiger partial charge in [-0.15, -0.1) is 0 Å². The Labute approximate surface area is 642 Å². The molecule has 0 atom stereocenters. The summed E-state index contributed by atoms with van der Waals surface area (Å²) in [5.41, 5.74) is 24.4. The van der Waals surface area contributed by atoms with E-state index in [4.69, 9.17) is 47.4 Å². The van der Waals surface area contributed by atoms with E-state index >= 15 is 0 Å². The Kier molecular flexibility index (Phi) is 11.6. The van der Waals surface area contributed by atoms with E-state index < -0.39 is 0 Å². The summed E-state index contributed by atoms with van der Waals surface area (Å²) in [6, 6.07) is 107. The number of para-hydroxylation sites is 8. The van der Waals surface area contributed by atoms with E-state index in [9.17, 15) is 0 Å². The third-order valence-corrected chi connectivity index (χ3v) is 24.8. The fraction of sp³-hybridized carbons (Fsp3) is 0. The number of fused-ring (bicyclic) bond motifs is 25. The van der Waals surface area contributed by atoms with Crippen LogP contribution in [-0.4, -0.2) is 38.1 Å². The van der Waals surface area contributed by atoms with Gasteiger partial charge in [-0.05, 0) is 197 Å². The number of ether oxygens (including phenoxy) is 10. The molecular weight excluding hydrogens is 1380 g/mol. The lowest BCUT2D eigenvalue weighted by atomic mass is 9.31. The SMILES string of the molecule is c1ccc2c(c1)Oc1cc(-c3ccc(-n4c5ccccc5c5ccccc54)cc3)cc3c1B2c1cc(-c2cc4c5c(c2)Oc2cc6c(cc2B5c2ccccc2O4)B2c4ccccc4Oc4cc(-c5ccc7c(c5)B5c8ccccc8Oc8c9c%10c(c(c85)O7)Oc5ccccc5B%10c5ccccc5O9)cc(c42)O6)ccc1O3. The molecule has 0 bridgehead atoms. The fourth-order valence-corrected chi connectivity index (χ4v) is 20.0. The van der Waals surface area contributed by atoms with E-state index in [1.807, 2.05) is 54.6 Å². The van der Waals surface area contributed by atoms with Crippen LogP contribution in [0.15, 0.2) is 303 Å². The van der Waals surface area contributed by atoms with E-state index in [0.29, 0.717) is 46.0 Å². The quantitative estimate of drug-likeness (QED) is 0.159. The largest absolute Gasteiger partial charge is 0.458 e. The van der Waals surface area contributed by atoms with Gasteiger partial charge in [0, 0.05) is 49.8 Å². The predicted octanol–water partition coefficient (Wildman–Crippen LogP) is 13.4. The molecule has 0 amide bonds. The minimum atomic E-state index is -0.316. The molecule has 0 N–H and O–H groups in total. The summed E-state index contributed by atoms with van der Waals surface area (Å²) in [4.78, 5) is 0. The molecule has 514 valence electrons. The molecule has 1 aromatic heterocycles. The van der Waals surface area contributed by atoms with Crippen LogP contribution in [-0.2, 0) is 0 Å². The minimum absolute atomic E-state index is 0.174. The maximum Gasteiger partial charge on any atom is 0.261 e. The molecule has 0 saturated carbocycles. The molecule has 0 saturated heterocycles. The predicted molar refractivity (Wildman–Crippen MR) is 446 cm³/mol. The molecule has 27 rings (SSSR count). The van der Waals surface area contributed by atoms with Crippen LogP contribution in [0.2, 0.25) is 0 Å². The third kappa shape index (κ3) is 8.08. The molecule has 11 heterocycles. The second-order valence-electron chi connectivity index (χ2n) is 30.6. The highest BCUT2D eigenvalue weighted by Gasteiger charge is 2.52. The van der Waals surface area contributed by atoms with Gasteiger partial charge in [0.15, 0.2) is 23.0 Å². The van der Waals surface area contributed by atoms with Gasteiger partial charge in [-0.1, -0.05) is 188 Å². The number of hydrogen-bond acceptors (Lipinski definition) is 10. The van der Waals surface area contributed by atoms with Crippen LogP contribution in [0.25, 0.3) is 60.9 Å². The molecule has 16 aromatic carbocycles. The molecule has 16 heteroatoms. The smallest absolute Gasteiger partial charge is 0.261 e. The maximum absolute atomic E-state index is 7.37. The van der Waals surface area contributed by atoms with Crippen LogP contribution in [0.1, 0.15) is 0 Å². The van der Waals surface area contributed by atoms with Crippen molar-refractivity contribution in [3.8, 4) is 154 Å². The van der Waals surface area contributed by atoms with E-state index in [1.165, 1.54) is 21.8 Å². The number of benzene rings is 16. The lowest BCUT2D eigenvalue weighted by Crippen LogP contribution is -2.61. The molecule has 0 radical (unpaired) electrons. The van der Waals surface area contributed by atoms with Gasteiger partial charge in [0.1, 0.15) is 92.0 Å². The van der Waals surface area contributed by atoms with Crippen molar-refractivity contribution in [1.29, 1.82) is 0 Å². The summed E-state index contributed by atoms with van der Waals surface area (Å²) in [7, 11) is 0. The lowest BCUT2D eigenvalue weighted by molar-refractivity contribution is 0.396. The van der Waals surface area contributed by atoms with Gasteiger partial charge in [-0.2, -0.15) is 0 Å². The summed E-state index contributed by atoms with van der Waals surface area (Å²) in [5, 5.41) is 2.46. The van der Waals surface area contributed by atoms with Crippen LogP contribution < -0.4 is 129 Å². The monoisotopic (exact) mass is 1430 g/mol. The van der Waals surface area contributed by atoms with E-state index in [0.717, 1.165) is 190 Å². The zero-order chi connectivity index (χ0) is 72.4. The molecule has 11 nitrogen and oxygen atoms in total. The number of rotatable bonds is 4. The topological polar surface area (TPSA) is 97.2 Å². The van der Waals surface area contributed by atoms with Crippen molar-refractivity contribution >= 4 is 137 Å². The van der Waals surface area contributed by atoms with E-state index in [2.05, 4.69) is 253 Å². The Balaban J connectivity index is 0.554. The molecule has 0 fully saturated rings. The van der Waals surface area contributed by atoms with Crippen molar-refractivity contribution in [2.45, 2.75) is 0 Å². The number of nitrogens with zero attached hydrogens (tertiary/aromatic N) is 1. The molecule has 112 heavy (non-hydrogen) atoms. The average Bonchev–Trinajstić information content (AvgIpc) is 0.775. The Morgan fingerprint density at radius 1 is 0.170 bits per heavy atom. The van der Waals surface area contributed by atoms with Gasteiger partial charge in [-0.25, -0.2) is 0 Å². The van der Waals surface area contributed by atoms with Crippen molar-refractivity contribution in [2.24, 2.45) is 0 Å². The molecular formula is C96H50B5NO10. The van der Waals surface area contributed by atoms with Crippen molar-refractivity contribution in [1.82, 2.24) is 4.57 Å². The van der Waals surface area contributed by atoms with Gasteiger partial charge in [-0.3, -0.25) is 0 Å². The first-order chi connectivity index (χ1) is 55.5. The van der Waals surface area contributed by atoms with Crippen LogP contribution in [0.3, 0.4) is 0 Å². The fourth-order valence-electron chi connectivity index (χ4n) is 20.0. The van der Waals surface area contributed by atoms with Gasteiger partial charge < -0.3 is 51.9 Å². The number of aromatic nitrogens is 1. The zero-order valence-electron chi connectivity index (χ0n) is 59.3. The van der Waals surface area contributed by atoms with Crippen LogP contribution in [0, 0.1) is 0 Å². The Bertz CT molecular complexity index is 7100. The Hall–Kier alpha value is -14.4. The van der Waals surface area contributed by atoms with Gasteiger partial charge >= 0.3 is 0 Å². The van der Waals surface area contributed by atoms with Crippen LogP contribution in [0.4, 0.5) is 0 Å². The van der Waals surface area contributed by atoms with E-state index in [-0.39, 0.29) is 33.6 Å². The van der Waals surface area contributed by atoms with Crippen molar-refractivity contribution in [2.75, 3.05) is 0 Å². The second-order valence-corrected chi connectivity index (χ2v) is 30.6. The van der Waals surface area contributed by atoms with Crippen molar-refractivity contribution in [3.05, 3.63) is 303 Å². The molecule has 0 aliphatic carbocycles. The molecule has 17 aromatic rings. The summed E-state index contributed by atoms with van der Waals surface area (Å²) in [5.74, 6) is 14.6. The van der Waals surface area contributed by atoms with Gasteiger partial charge in [0.25, 0.3) is 33.6 Å². The van der Waals surface area contributed by atoms with Gasteiger partial charge in [0.2, 0.25) is 0 Å². The zero-order valence-corrected chi connectivity index (χ0v) is 59.3. The average molecular weight is 1430 g/mol. The normalized spacial score (nSPS) is 14.2. The summed E-state index contributed by atoms with van der Waals surface area (Å²) < 4.78 is 73.5. The summed E-state index contributed by atoms with van der Waals surface area (Å²) in [6.45, 7) is -1.15.